The van der Waals surface area contributed by atoms with Gasteiger partial charge in [0.15, 0.2) is 0 Å². The van der Waals surface area contributed by atoms with E-state index < -0.39 is 5.91 Å². The number of hydrogen-bond donors (Lipinski definition) is 2. The molecule has 7 rings (SSSR count). The number of benzene rings is 1. The van der Waals surface area contributed by atoms with Crippen LogP contribution in [0.25, 0.3) is 5.52 Å². The van der Waals surface area contributed by atoms with Gasteiger partial charge in [0.25, 0.3) is 5.91 Å². The van der Waals surface area contributed by atoms with Crippen molar-refractivity contribution in [1.29, 1.82) is 0 Å². The maximum atomic E-state index is 13.2. The number of carbonyl (C=O) groups is 3. The maximum Gasteiger partial charge on any atom is 0.253 e. The molecule has 4 aliphatic rings. The van der Waals surface area contributed by atoms with Crippen molar-refractivity contribution in [3.63, 3.8) is 0 Å². The van der Waals surface area contributed by atoms with Gasteiger partial charge in [-0.2, -0.15) is 0 Å². The highest BCUT2D eigenvalue weighted by Gasteiger charge is 2.50. The Morgan fingerprint density at radius 2 is 1.50 bits per heavy atom. The van der Waals surface area contributed by atoms with E-state index in [1.165, 1.54) is 38.5 Å². The predicted molar refractivity (Wildman–Crippen MR) is 129 cm³/mol. The topological polar surface area (TPSA) is 93.7 Å². The van der Waals surface area contributed by atoms with E-state index in [0.717, 1.165) is 24.3 Å². The van der Waals surface area contributed by atoms with Crippen LogP contribution in [0.5, 0.6) is 0 Å². The molecule has 4 bridgehead atoms. The molecule has 4 aliphatic carbocycles. The number of nitrogens with one attached hydrogen (secondary N) is 1. The molecule has 2 aromatic heterocycles. The lowest BCUT2D eigenvalue weighted by molar-refractivity contribution is -0.0503. The minimum absolute atomic E-state index is 0.0794. The molecule has 4 saturated carbocycles. The highest BCUT2D eigenvalue weighted by molar-refractivity contribution is 6.10. The first-order valence-corrected chi connectivity index (χ1v) is 12.2. The van der Waals surface area contributed by atoms with Crippen molar-refractivity contribution < 1.29 is 14.4 Å². The number of rotatable bonds is 6. The molecule has 2 amide bonds. The molecule has 0 spiro atoms. The molecule has 0 atom stereocenters. The number of hydrogen-bond acceptors (Lipinski definition) is 3. The fraction of sp³-hybridized carbons (Fsp3) is 0.393. The third kappa shape index (κ3) is 3.52. The number of fused-ring (bicyclic) bond motifs is 1. The number of nitrogens with two attached hydrogens (primary N) is 1. The monoisotopic (exact) mass is 455 g/mol. The SMILES string of the molecule is NC(=O)c1ccc(C(=O)c2ccc3c(C(=O)NCC45CC6CC(CC(C6)C4)C5)cccn23)cc1. The van der Waals surface area contributed by atoms with E-state index in [1.54, 1.807) is 47.0 Å². The van der Waals surface area contributed by atoms with Crippen LogP contribution in [0, 0.1) is 23.2 Å². The molecule has 34 heavy (non-hydrogen) atoms. The summed E-state index contributed by atoms with van der Waals surface area (Å²) in [6, 6.07) is 13.5. The summed E-state index contributed by atoms with van der Waals surface area (Å²) in [7, 11) is 0. The molecule has 1 aromatic carbocycles. The van der Waals surface area contributed by atoms with Crippen molar-refractivity contribution in [3.05, 3.63) is 77.1 Å². The highest BCUT2D eigenvalue weighted by Crippen LogP contribution is 2.59. The summed E-state index contributed by atoms with van der Waals surface area (Å²) in [5, 5.41) is 3.25. The van der Waals surface area contributed by atoms with Crippen LogP contribution >= 0.6 is 0 Å². The fourth-order valence-corrected chi connectivity index (χ4v) is 7.32. The summed E-state index contributed by atoms with van der Waals surface area (Å²) in [5.74, 6) is 1.76. The molecule has 0 saturated heterocycles. The first-order valence-electron chi connectivity index (χ1n) is 12.2. The van der Waals surface area contributed by atoms with Crippen LogP contribution in [0.15, 0.2) is 54.7 Å². The minimum Gasteiger partial charge on any atom is -0.366 e. The van der Waals surface area contributed by atoms with Crippen LogP contribution in [-0.4, -0.2) is 28.5 Å². The first-order chi connectivity index (χ1) is 16.4. The van der Waals surface area contributed by atoms with Crippen molar-refractivity contribution in [2.75, 3.05) is 6.54 Å². The quantitative estimate of drug-likeness (QED) is 0.545. The van der Waals surface area contributed by atoms with Crippen LogP contribution in [0.2, 0.25) is 0 Å². The van der Waals surface area contributed by atoms with Crippen LogP contribution in [0.3, 0.4) is 0 Å². The average molecular weight is 456 g/mol. The molecule has 0 aliphatic heterocycles. The molecule has 3 N–H and O–H groups in total. The number of carbonyl (C=O) groups excluding carboxylic acids is 3. The third-order valence-electron chi connectivity index (χ3n) is 8.39. The van der Waals surface area contributed by atoms with Crippen LogP contribution in [-0.2, 0) is 0 Å². The Labute approximate surface area is 198 Å². The van der Waals surface area contributed by atoms with Gasteiger partial charge in [-0.1, -0.05) is 12.1 Å². The number of amides is 2. The summed E-state index contributed by atoms with van der Waals surface area (Å²) < 4.78 is 1.77. The van der Waals surface area contributed by atoms with Gasteiger partial charge in [0, 0.05) is 23.9 Å². The van der Waals surface area contributed by atoms with E-state index in [1.807, 2.05) is 12.1 Å². The van der Waals surface area contributed by atoms with Gasteiger partial charge in [-0.05, 0) is 98.1 Å². The van der Waals surface area contributed by atoms with Gasteiger partial charge in [-0.15, -0.1) is 0 Å². The summed E-state index contributed by atoms with van der Waals surface area (Å²) in [6.45, 7) is 0.745. The Morgan fingerprint density at radius 1 is 0.882 bits per heavy atom. The first kappa shape index (κ1) is 21.1. The average Bonchev–Trinajstić information content (AvgIpc) is 3.25. The molecule has 6 nitrogen and oxygen atoms in total. The third-order valence-corrected chi connectivity index (χ3v) is 8.39. The smallest absolute Gasteiger partial charge is 0.253 e. The Hall–Kier alpha value is -3.41. The van der Waals surface area contributed by atoms with Crippen molar-refractivity contribution in [2.24, 2.45) is 28.9 Å². The van der Waals surface area contributed by atoms with Gasteiger partial charge in [0.05, 0.1) is 16.8 Å². The Balaban J connectivity index is 1.22. The lowest BCUT2D eigenvalue weighted by atomic mass is 9.49. The summed E-state index contributed by atoms with van der Waals surface area (Å²) >= 11 is 0. The maximum absolute atomic E-state index is 13.2. The van der Waals surface area contributed by atoms with E-state index in [-0.39, 0.29) is 17.1 Å². The number of aromatic nitrogens is 1. The second kappa shape index (κ2) is 7.83. The normalized spacial score (nSPS) is 27.1. The molecular weight excluding hydrogens is 426 g/mol. The summed E-state index contributed by atoms with van der Waals surface area (Å²) in [4.78, 5) is 37.7. The van der Waals surface area contributed by atoms with Gasteiger partial charge >= 0.3 is 0 Å². The van der Waals surface area contributed by atoms with E-state index in [9.17, 15) is 14.4 Å². The standard InChI is InChI=1S/C28H29N3O3/c29-26(33)21-5-3-20(4-6-21)25(32)24-8-7-23-22(2-1-9-31(23)24)27(34)30-16-28-13-17-10-18(14-28)12-19(11-17)15-28/h1-9,17-19H,10-16H2,(H2,29,33)(H,30,34). The van der Waals surface area contributed by atoms with Crippen molar-refractivity contribution in [3.8, 4) is 0 Å². The largest absolute Gasteiger partial charge is 0.366 e. The van der Waals surface area contributed by atoms with Crippen LogP contribution in [0.1, 0.15) is 75.3 Å². The Kier molecular flexibility index (Phi) is 4.87. The summed E-state index contributed by atoms with van der Waals surface area (Å²) in [5.41, 5.74) is 8.15. The molecule has 2 heterocycles. The van der Waals surface area contributed by atoms with Gasteiger partial charge in [0.2, 0.25) is 11.7 Å². The highest BCUT2D eigenvalue weighted by atomic mass is 16.2. The van der Waals surface area contributed by atoms with Crippen LogP contribution in [0.4, 0.5) is 0 Å². The second-order valence-corrected chi connectivity index (χ2v) is 10.8. The van der Waals surface area contributed by atoms with E-state index in [0.29, 0.717) is 27.9 Å². The zero-order valence-electron chi connectivity index (χ0n) is 19.1. The zero-order valence-corrected chi connectivity index (χ0v) is 19.1. The number of nitrogens with zero attached hydrogens (tertiary/aromatic N) is 1. The minimum atomic E-state index is -0.531. The lowest BCUT2D eigenvalue weighted by Crippen LogP contribution is -2.51. The molecule has 0 unspecified atom stereocenters. The molecule has 174 valence electrons. The van der Waals surface area contributed by atoms with Gasteiger partial charge in [-0.25, -0.2) is 0 Å². The molecule has 0 radical (unpaired) electrons. The van der Waals surface area contributed by atoms with E-state index in [4.69, 9.17) is 5.73 Å². The lowest BCUT2D eigenvalue weighted by Gasteiger charge is -2.56. The van der Waals surface area contributed by atoms with Gasteiger partial charge in [0.1, 0.15) is 0 Å². The zero-order chi connectivity index (χ0) is 23.4. The molecule has 4 fully saturated rings. The summed E-state index contributed by atoms with van der Waals surface area (Å²) in [6.07, 6.45) is 9.72. The number of ketones is 1. The molecule has 6 heteroatoms. The van der Waals surface area contributed by atoms with Gasteiger partial charge in [-0.3, -0.25) is 14.4 Å². The van der Waals surface area contributed by atoms with Crippen LogP contribution < -0.4 is 11.1 Å². The Bertz CT molecular complexity index is 1270. The van der Waals surface area contributed by atoms with E-state index in [2.05, 4.69) is 5.32 Å². The van der Waals surface area contributed by atoms with Crippen molar-refractivity contribution in [2.45, 2.75) is 38.5 Å². The predicted octanol–water partition coefficient (Wildman–Crippen LogP) is 4.22. The second-order valence-electron chi connectivity index (χ2n) is 10.8. The van der Waals surface area contributed by atoms with Crippen molar-refractivity contribution >= 4 is 23.1 Å². The van der Waals surface area contributed by atoms with Crippen molar-refractivity contribution in [1.82, 2.24) is 9.72 Å². The number of pyridine rings is 1. The Morgan fingerprint density at radius 3 is 2.12 bits per heavy atom. The molecule has 3 aromatic rings. The number of primary amides is 1. The van der Waals surface area contributed by atoms with Gasteiger partial charge < -0.3 is 15.5 Å². The molecular formula is C28H29N3O3. The van der Waals surface area contributed by atoms with E-state index >= 15 is 0 Å². The fourth-order valence-electron chi connectivity index (χ4n) is 7.32.